The van der Waals surface area contributed by atoms with Crippen LogP contribution < -0.4 is 5.32 Å². The molecule has 0 saturated heterocycles. The zero-order chi connectivity index (χ0) is 14.3. The molecule has 0 aliphatic rings. The van der Waals surface area contributed by atoms with Gasteiger partial charge in [0.05, 0.1) is 5.75 Å². The van der Waals surface area contributed by atoms with Crippen LogP contribution in [0.1, 0.15) is 31.2 Å². The van der Waals surface area contributed by atoms with Gasteiger partial charge in [-0.25, -0.2) is 12.8 Å². The molecule has 1 aromatic rings. The Kier molecular flexibility index (Phi) is 6.45. The minimum absolute atomic E-state index is 0.113. The molecule has 1 aromatic carbocycles. The van der Waals surface area contributed by atoms with Gasteiger partial charge in [0.1, 0.15) is 15.7 Å². The minimum Gasteiger partial charge on any atom is -0.319 e. The quantitative estimate of drug-likeness (QED) is 0.798. The zero-order valence-electron chi connectivity index (χ0n) is 11.5. The first-order valence-corrected chi connectivity index (χ1v) is 8.41. The maximum atomic E-state index is 13.8. The van der Waals surface area contributed by atoms with E-state index in [1.807, 2.05) is 6.92 Å². The predicted octanol–water partition coefficient (Wildman–Crippen LogP) is 2.34. The van der Waals surface area contributed by atoms with Crippen LogP contribution in [0.15, 0.2) is 24.3 Å². The summed E-state index contributed by atoms with van der Waals surface area (Å²) in [7, 11) is -1.23. The number of hydrogen-bond acceptors (Lipinski definition) is 3. The number of likely N-dealkylation sites (N-methyl/N-ethyl adjacent to an activating group) is 1. The average molecular weight is 287 g/mol. The minimum atomic E-state index is -3.02. The highest BCUT2D eigenvalue weighted by Gasteiger charge is 2.18. The van der Waals surface area contributed by atoms with E-state index in [2.05, 4.69) is 5.32 Å². The van der Waals surface area contributed by atoms with Gasteiger partial charge >= 0.3 is 0 Å². The molecule has 0 bridgehead atoms. The lowest BCUT2D eigenvalue weighted by Gasteiger charge is -2.17. The highest BCUT2D eigenvalue weighted by molar-refractivity contribution is 7.91. The van der Waals surface area contributed by atoms with Crippen LogP contribution in [-0.4, -0.2) is 33.5 Å². The summed E-state index contributed by atoms with van der Waals surface area (Å²) in [5.41, 5.74) is 0.587. The monoisotopic (exact) mass is 287 g/mol. The third kappa shape index (κ3) is 5.28. The maximum absolute atomic E-state index is 13.8. The molecular formula is C14H22FNO2S. The van der Waals surface area contributed by atoms with E-state index >= 15 is 0 Å². The molecule has 0 aliphatic heterocycles. The van der Waals surface area contributed by atoms with E-state index in [9.17, 15) is 12.8 Å². The van der Waals surface area contributed by atoms with Crippen LogP contribution in [0.5, 0.6) is 0 Å². The smallest absolute Gasteiger partial charge is 0.150 e. The Balaban J connectivity index is 2.77. The van der Waals surface area contributed by atoms with Crippen LogP contribution in [0, 0.1) is 5.82 Å². The van der Waals surface area contributed by atoms with E-state index in [0.717, 1.165) is 0 Å². The molecule has 3 nitrogen and oxygen atoms in total. The van der Waals surface area contributed by atoms with Crippen molar-refractivity contribution in [2.45, 2.75) is 25.7 Å². The normalized spacial score (nSPS) is 13.4. The Morgan fingerprint density at radius 1 is 1.26 bits per heavy atom. The number of hydrogen-bond donors (Lipinski definition) is 1. The second kappa shape index (κ2) is 7.60. The number of rotatable bonds is 8. The molecule has 0 amide bonds. The summed E-state index contributed by atoms with van der Waals surface area (Å²) in [6.07, 6.45) is 1.07. The number of halogens is 1. The van der Waals surface area contributed by atoms with Crippen molar-refractivity contribution in [3.63, 3.8) is 0 Å². The van der Waals surface area contributed by atoms with Crippen molar-refractivity contribution in [3.8, 4) is 0 Å². The third-order valence-electron chi connectivity index (χ3n) is 3.09. The summed E-state index contributed by atoms with van der Waals surface area (Å²) < 4.78 is 37.2. The predicted molar refractivity (Wildman–Crippen MR) is 76.6 cm³/mol. The van der Waals surface area contributed by atoms with E-state index in [1.165, 1.54) is 6.07 Å². The zero-order valence-corrected chi connectivity index (χ0v) is 12.3. The van der Waals surface area contributed by atoms with Gasteiger partial charge in [-0.1, -0.05) is 25.1 Å². The Hall–Kier alpha value is -0.940. The van der Waals surface area contributed by atoms with Gasteiger partial charge in [-0.3, -0.25) is 0 Å². The summed E-state index contributed by atoms with van der Waals surface area (Å²) in [6, 6.07) is 6.56. The van der Waals surface area contributed by atoms with Crippen LogP contribution in [0.3, 0.4) is 0 Å². The molecule has 0 saturated carbocycles. The van der Waals surface area contributed by atoms with Gasteiger partial charge in [0.15, 0.2) is 0 Å². The van der Waals surface area contributed by atoms with Crippen molar-refractivity contribution >= 4 is 9.84 Å². The van der Waals surface area contributed by atoms with Gasteiger partial charge in [0.25, 0.3) is 0 Å². The molecule has 108 valence electrons. The summed E-state index contributed by atoms with van der Waals surface area (Å²) in [5, 5.41) is 3.00. The highest BCUT2D eigenvalue weighted by Crippen LogP contribution is 2.22. The van der Waals surface area contributed by atoms with E-state index in [1.54, 1.807) is 25.2 Å². The van der Waals surface area contributed by atoms with Gasteiger partial charge in [0, 0.05) is 18.2 Å². The van der Waals surface area contributed by atoms with Gasteiger partial charge in [-0.2, -0.15) is 0 Å². The van der Waals surface area contributed by atoms with Crippen LogP contribution >= 0.6 is 0 Å². The van der Waals surface area contributed by atoms with Crippen molar-refractivity contribution in [3.05, 3.63) is 35.6 Å². The fraction of sp³-hybridized carbons (Fsp3) is 0.571. The first-order valence-electron chi connectivity index (χ1n) is 6.59. The van der Waals surface area contributed by atoms with E-state index in [0.29, 0.717) is 24.9 Å². The summed E-state index contributed by atoms with van der Waals surface area (Å²) in [5.74, 6) is -0.0635. The summed E-state index contributed by atoms with van der Waals surface area (Å²) >= 11 is 0. The number of benzene rings is 1. The first kappa shape index (κ1) is 16.1. The van der Waals surface area contributed by atoms with Crippen molar-refractivity contribution in [1.29, 1.82) is 0 Å². The molecular weight excluding hydrogens is 265 g/mol. The van der Waals surface area contributed by atoms with Crippen LogP contribution in [-0.2, 0) is 9.84 Å². The summed E-state index contributed by atoms with van der Waals surface area (Å²) in [6.45, 7) is 2.42. The molecule has 0 heterocycles. The second-order valence-electron chi connectivity index (χ2n) is 4.72. The second-order valence-corrected chi connectivity index (χ2v) is 7.02. The molecule has 19 heavy (non-hydrogen) atoms. The standard InChI is InChI=1S/C14H22FNO2S/c1-3-9-19(17,18)10-8-12(11-16-2)13-6-4-5-7-14(13)15/h4-7,12,16H,3,8-11H2,1-2H3. The number of nitrogens with one attached hydrogen (secondary N) is 1. The van der Waals surface area contributed by atoms with Crippen LogP contribution in [0.2, 0.25) is 0 Å². The molecule has 5 heteroatoms. The lowest BCUT2D eigenvalue weighted by atomic mass is 9.96. The number of sulfone groups is 1. The van der Waals surface area contributed by atoms with Crippen molar-refractivity contribution in [2.24, 2.45) is 0 Å². The van der Waals surface area contributed by atoms with Gasteiger partial charge in [-0.15, -0.1) is 0 Å². The Morgan fingerprint density at radius 3 is 2.53 bits per heavy atom. The van der Waals surface area contributed by atoms with E-state index in [-0.39, 0.29) is 23.2 Å². The molecule has 0 spiro atoms. The Labute approximate surface area is 115 Å². The largest absolute Gasteiger partial charge is 0.319 e. The fourth-order valence-corrected chi connectivity index (χ4v) is 3.62. The highest BCUT2D eigenvalue weighted by atomic mass is 32.2. The lowest BCUT2D eigenvalue weighted by molar-refractivity contribution is 0.541. The summed E-state index contributed by atoms with van der Waals surface area (Å²) in [4.78, 5) is 0. The molecule has 1 N–H and O–H groups in total. The van der Waals surface area contributed by atoms with E-state index in [4.69, 9.17) is 0 Å². The molecule has 0 radical (unpaired) electrons. The lowest BCUT2D eigenvalue weighted by Crippen LogP contribution is -2.22. The van der Waals surface area contributed by atoms with Crippen molar-refractivity contribution in [2.75, 3.05) is 25.1 Å². The molecule has 0 fully saturated rings. The Morgan fingerprint density at radius 2 is 1.95 bits per heavy atom. The molecule has 1 unspecified atom stereocenters. The SMILES string of the molecule is CCCS(=O)(=O)CCC(CNC)c1ccccc1F. The van der Waals surface area contributed by atoms with Crippen LogP contribution in [0.4, 0.5) is 4.39 Å². The van der Waals surface area contributed by atoms with Crippen molar-refractivity contribution in [1.82, 2.24) is 5.32 Å². The van der Waals surface area contributed by atoms with Gasteiger partial charge in [-0.05, 0) is 31.5 Å². The molecule has 1 rings (SSSR count). The van der Waals surface area contributed by atoms with E-state index < -0.39 is 9.84 Å². The van der Waals surface area contributed by atoms with Crippen LogP contribution in [0.25, 0.3) is 0 Å². The van der Waals surface area contributed by atoms with Gasteiger partial charge < -0.3 is 5.32 Å². The molecule has 0 aliphatic carbocycles. The average Bonchev–Trinajstić information content (AvgIpc) is 2.35. The maximum Gasteiger partial charge on any atom is 0.150 e. The topological polar surface area (TPSA) is 46.2 Å². The Bertz CT molecular complexity index is 488. The fourth-order valence-electron chi connectivity index (χ4n) is 2.15. The first-order chi connectivity index (χ1) is 9.00. The third-order valence-corrected chi connectivity index (χ3v) is 4.98. The molecule has 1 atom stereocenters. The molecule has 0 aromatic heterocycles. The van der Waals surface area contributed by atoms with Gasteiger partial charge in [0.2, 0.25) is 0 Å². The van der Waals surface area contributed by atoms with Crippen molar-refractivity contribution < 1.29 is 12.8 Å².